The van der Waals surface area contributed by atoms with Gasteiger partial charge in [0.1, 0.15) is 11.9 Å². The van der Waals surface area contributed by atoms with Gasteiger partial charge >= 0.3 is 13.3 Å². The molecule has 0 aromatic rings. The Morgan fingerprint density at radius 2 is 1.85 bits per heavy atom. The Balaban J connectivity index is 0.000000298. The first-order chi connectivity index (χ1) is 11.7. The van der Waals surface area contributed by atoms with Crippen molar-refractivity contribution in [3.05, 3.63) is 0 Å². The molecule has 0 aromatic heterocycles. The van der Waals surface area contributed by atoms with Gasteiger partial charge in [0.25, 0.3) is 0 Å². The molecule has 9 heteroatoms. The highest BCUT2D eigenvalue weighted by Crippen LogP contribution is 2.65. The second-order valence-electron chi connectivity index (χ2n) is 9.01. The molecule has 3 N–H and O–H groups in total. The Morgan fingerprint density at radius 1 is 1.31 bits per heavy atom. The molecule has 0 unspecified atom stereocenters. The number of halogens is 3. The van der Waals surface area contributed by atoms with Gasteiger partial charge in [0.2, 0.25) is 0 Å². The first-order valence-corrected chi connectivity index (χ1v) is 9.14. The van der Waals surface area contributed by atoms with Crippen molar-refractivity contribution in [1.82, 2.24) is 0 Å². The van der Waals surface area contributed by atoms with E-state index in [1.54, 1.807) is 0 Å². The molecule has 0 radical (unpaired) electrons. The molecule has 0 spiro atoms. The number of carboxylic acids is 1. The van der Waals surface area contributed by atoms with E-state index in [1.807, 2.05) is 0 Å². The van der Waals surface area contributed by atoms with Crippen molar-refractivity contribution >= 4 is 13.1 Å². The molecule has 2 bridgehead atoms. The van der Waals surface area contributed by atoms with Crippen molar-refractivity contribution in [3.63, 3.8) is 0 Å². The van der Waals surface area contributed by atoms with Crippen LogP contribution < -0.4 is 10.8 Å². The molecule has 4 rings (SSSR count). The van der Waals surface area contributed by atoms with E-state index in [9.17, 15) is 13.2 Å². The standard InChI is InChI=1S/C15H28BNO2.C2HF3O2/c1-9(2)6-13(17)16-18-12-8-10-7-11(14(10,3)4)15(12,5)19-16;3-2(4,5)1(6)7/h9-13H,6-8,17H2,1-5H3;(H,6,7)/t10-,11-,12+,13+,15-;/m0./s1. The Kier molecular flexibility index (Phi) is 5.77. The van der Waals surface area contributed by atoms with Crippen molar-refractivity contribution in [2.24, 2.45) is 23.2 Å². The number of rotatable bonds is 3. The summed E-state index contributed by atoms with van der Waals surface area (Å²) in [5, 5.41) is 8.78. The van der Waals surface area contributed by atoms with Crippen LogP contribution in [0.3, 0.4) is 0 Å². The van der Waals surface area contributed by atoms with Crippen LogP contribution in [0.2, 0.25) is 0 Å². The molecule has 5 atom stereocenters. The molecule has 1 aliphatic heterocycles. The van der Waals surface area contributed by atoms with Gasteiger partial charge in [-0.15, -0.1) is 0 Å². The molecule has 4 fully saturated rings. The zero-order valence-electron chi connectivity index (χ0n) is 16.1. The number of carbonyl (C=O) groups is 1. The lowest BCUT2D eigenvalue weighted by molar-refractivity contribution is -0.400. The van der Waals surface area contributed by atoms with Crippen molar-refractivity contribution in [1.29, 1.82) is 0 Å². The molecule has 3 aliphatic carbocycles. The molecule has 4 aliphatic rings. The van der Waals surface area contributed by atoms with Crippen LogP contribution in [0.25, 0.3) is 0 Å². The van der Waals surface area contributed by atoms with Crippen LogP contribution in [0, 0.1) is 23.2 Å². The molecule has 0 amide bonds. The van der Waals surface area contributed by atoms with Crippen molar-refractivity contribution < 1.29 is 38.1 Å². The fraction of sp³-hybridized carbons (Fsp3) is 0.941. The van der Waals surface area contributed by atoms with Gasteiger partial charge in [-0.1, -0.05) is 27.7 Å². The van der Waals surface area contributed by atoms with E-state index in [4.69, 9.17) is 19.2 Å². The monoisotopic (exact) mass is 379 g/mol. The molecular weight excluding hydrogens is 350 g/mol. The Hall–Kier alpha value is -0.795. The first kappa shape index (κ1) is 21.5. The highest BCUT2D eigenvalue weighted by Gasteiger charge is 2.68. The van der Waals surface area contributed by atoms with Gasteiger partial charge in [0.05, 0.1) is 11.7 Å². The van der Waals surface area contributed by atoms with Crippen LogP contribution in [0.5, 0.6) is 0 Å². The number of carbonyl (C=O) groups excluding carboxylic acids is 1. The summed E-state index contributed by atoms with van der Waals surface area (Å²) in [7, 11) is -0.0902. The summed E-state index contributed by atoms with van der Waals surface area (Å²) in [5.41, 5.74) is 4.63. The predicted octanol–water partition coefficient (Wildman–Crippen LogP) is 1.21. The van der Waals surface area contributed by atoms with Gasteiger partial charge in [-0.25, -0.2) is 0 Å². The van der Waals surface area contributed by atoms with E-state index >= 15 is 0 Å². The molecule has 5 nitrogen and oxygen atoms in total. The van der Waals surface area contributed by atoms with Gasteiger partial charge in [0.15, 0.2) is 0 Å². The minimum Gasteiger partial charge on any atom is -0.542 e. The summed E-state index contributed by atoms with van der Waals surface area (Å²) >= 11 is 0. The average molecular weight is 379 g/mol. The average Bonchev–Trinajstić information content (AvgIpc) is 2.83. The fourth-order valence-corrected chi connectivity index (χ4v) is 4.82. The third-order valence-electron chi connectivity index (χ3n) is 6.36. The molecule has 26 heavy (non-hydrogen) atoms. The topological polar surface area (TPSA) is 86.2 Å². The smallest absolute Gasteiger partial charge is 0.521 e. The summed E-state index contributed by atoms with van der Waals surface area (Å²) in [4.78, 5) is 8.78. The van der Waals surface area contributed by atoms with Crippen molar-refractivity contribution in [3.8, 4) is 0 Å². The van der Waals surface area contributed by atoms with E-state index < -0.39 is 12.1 Å². The maximum absolute atomic E-state index is 10.5. The molecule has 1 heterocycles. The highest BCUT2D eigenvalue weighted by molar-refractivity contribution is 6.46. The zero-order valence-corrected chi connectivity index (χ0v) is 16.1. The Bertz CT molecular complexity index is 543. The van der Waals surface area contributed by atoms with Crippen LogP contribution in [0.4, 0.5) is 13.2 Å². The largest absolute Gasteiger partial charge is 0.542 e. The molecule has 150 valence electrons. The van der Waals surface area contributed by atoms with Gasteiger partial charge in [-0.3, -0.25) is 0 Å². The van der Waals surface area contributed by atoms with Crippen LogP contribution in [0.1, 0.15) is 53.9 Å². The third-order valence-corrected chi connectivity index (χ3v) is 6.36. The second-order valence-corrected chi connectivity index (χ2v) is 9.01. The van der Waals surface area contributed by atoms with E-state index in [-0.39, 0.29) is 18.7 Å². The van der Waals surface area contributed by atoms with Gasteiger partial charge in [0, 0.05) is 0 Å². The van der Waals surface area contributed by atoms with Gasteiger partial charge < -0.3 is 24.9 Å². The summed E-state index contributed by atoms with van der Waals surface area (Å²) in [6.07, 6.45) is -1.33. The summed E-state index contributed by atoms with van der Waals surface area (Å²) in [6, 6.07) is 0. The molecular formula is C17H29BF3NO4. The molecule has 1 saturated heterocycles. The van der Waals surface area contributed by atoms with E-state index in [0.29, 0.717) is 23.4 Å². The number of aliphatic carboxylic acids is 1. The second kappa shape index (κ2) is 6.98. The summed E-state index contributed by atoms with van der Waals surface area (Å²) < 4.78 is 44.2. The number of hydrogen-bond acceptors (Lipinski definition) is 4. The Labute approximate surface area is 152 Å². The van der Waals surface area contributed by atoms with Gasteiger partial charge in [-0.2, -0.15) is 13.2 Å². The highest BCUT2D eigenvalue weighted by atomic mass is 19.4. The van der Waals surface area contributed by atoms with Crippen LogP contribution in [-0.4, -0.2) is 36.9 Å². The molecule has 0 aromatic carbocycles. The van der Waals surface area contributed by atoms with Crippen molar-refractivity contribution in [2.75, 3.05) is 0 Å². The maximum atomic E-state index is 10.5. The quantitative estimate of drug-likeness (QED) is 0.747. The summed E-state index contributed by atoms with van der Waals surface area (Å²) in [6.45, 7) is 11.6. The fourth-order valence-electron chi connectivity index (χ4n) is 4.82. The lowest BCUT2D eigenvalue weighted by atomic mass is 9.43. The maximum Gasteiger partial charge on any atom is 0.521 e. The normalized spacial score (nSPS) is 35.9. The van der Waals surface area contributed by atoms with E-state index in [0.717, 1.165) is 12.3 Å². The minimum absolute atomic E-state index is 0.0736. The lowest BCUT2D eigenvalue weighted by Crippen LogP contribution is -2.69. The van der Waals surface area contributed by atoms with E-state index in [1.165, 1.54) is 12.8 Å². The van der Waals surface area contributed by atoms with E-state index in [2.05, 4.69) is 40.4 Å². The number of quaternary nitrogens is 1. The van der Waals surface area contributed by atoms with Gasteiger partial charge in [-0.05, 0) is 49.4 Å². The van der Waals surface area contributed by atoms with Crippen LogP contribution in [0.15, 0.2) is 0 Å². The van der Waals surface area contributed by atoms with Crippen molar-refractivity contribution in [2.45, 2.75) is 77.7 Å². The minimum atomic E-state index is -5.19. The lowest BCUT2D eigenvalue weighted by Gasteiger charge is -2.64. The first-order valence-electron chi connectivity index (χ1n) is 9.14. The zero-order chi connectivity index (χ0) is 20.1. The number of carboxylic acid groups (broad SMARTS) is 1. The SMILES string of the molecule is CC(C)C[C@@H]([NH3+])B1O[C@@H]2C[C@@H]3C[C@@H](C3(C)C)[C@]2(C)O1.O=C([O-])C(F)(F)F. The van der Waals surface area contributed by atoms with Crippen LogP contribution >= 0.6 is 0 Å². The predicted molar refractivity (Wildman–Crippen MR) is 87.3 cm³/mol. The molecule has 3 saturated carbocycles. The Morgan fingerprint density at radius 3 is 2.27 bits per heavy atom. The number of hydrogen-bond donors (Lipinski definition) is 1. The number of alkyl halides is 3. The summed E-state index contributed by atoms with van der Waals surface area (Å²) in [5.74, 6) is -0.628. The third kappa shape index (κ3) is 3.89. The van der Waals surface area contributed by atoms with Crippen LogP contribution in [-0.2, 0) is 14.1 Å².